The van der Waals surface area contributed by atoms with E-state index >= 15 is 0 Å². The van der Waals surface area contributed by atoms with Crippen LogP contribution in [0.3, 0.4) is 0 Å². The molecular formula is C25H30F3N3O3. The molecule has 34 heavy (non-hydrogen) atoms. The summed E-state index contributed by atoms with van der Waals surface area (Å²) in [5.74, 6) is 1.42. The second-order valence-corrected chi connectivity index (χ2v) is 9.05. The van der Waals surface area contributed by atoms with E-state index in [0.717, 1.165) is 23.1 Å². The highest BCUT2D eigenvalue weighted by Crippen LogP contribution is 2.32. The van der Waals surface area contributed by atoms with Gasteiger partial charge in [0.25, 0.3) is 0 Å². The molecule has 0 radical (unpaired) electrons. The zero-order valence-corrected chi connectivity index (χ0v) is 19.3. The van der Waals surface area contributed by atoms with Crippen LogP contribution in [0.5, 0.6) is 11.5 Å². The number of likely N-dealkylation sites (tertiary alicyclic amines) is 1. The van der Waals surface area contributed by atoms with Crippen LogP contribution in [0.4, 0.5) is 13.2 Å². The van der Waals surface area contributed by atoms with Crippen LogP contribution in [0.25, 0.3) is 0 Å². The minimum absolute atomic E-state index is 0.0153. The molecule has 0 bridgehead atoms. The predicted molar refractivity (Wildman–Crippen MR) is 122 cm³/mol. The lowest BCUT2D eigenvalue weighted by atomic mass is 10.1. The van der Waals surface area contributed by atoms with Gasteiger partial charge in [-0.3, -0.25) is 9.69 Å². The number of benzene rings is 2. The highest BCUT2D eigenvalue weighted by atomic mass is 19.4. The van der Waals surface area contributed by atoms with Crippen LogP contribution in [-0.4, -0.2) is 48.8 Å². The Kier molecular flexibility index (Phi) is 7.33. The molecule has 9 heteroatoms. The van der Waals surface area contributed by atoms with Crippen molar-refractivity contribution in [2.45, 2.75) is 57.5 Å². The highest BCUT2D eigenvalue weighted by molar-refractivity contribution is 5.82. The Morgan fingerprint density at radius 3 is 2.68 bits per heavy atom. The van der Waals surface area contributed by atoms with Crippen LogP contribution in [0, 0.1) is 0 Å². The molecule has 0 aromatic heterocycles. The minimum Gasteiger partial charge on any atom is -0.454 e. The molecule has 0 aliphatic carbocycles. The molecule has 2 N–H and O–H groups in total. The lowest BCUT2D eigenvalue weighted by Crippen LogP contribution is -2.46. The molecule has 0 saturated carbocycles. The molecule has 1 fully saturated rings. The van der Waals surface area contributed by atoms with Crippen molar-refractivity contribution in [3.63, 3.8) is 0 Å². The number of hydrogen-bond donors (Lipinski definition) is 2. The molecule has 4 rings (SSSR count). The summed E-state index contributed by atoms with van der Waals surface area (Å²) in [6, 6.07) is 11.0. The first-order chi connectivity index (χ1) is 16.2. The van der Waals surface area contributed by atoms with E-state index in [-0.39, 0.29) is 30.8 Å². The van der Waals surface area contributed by atoms with Crippen molar-refractivity contribution in [3.05, 3.63) is 59.2 Å². The molecule has 1 amide bonds. The normalized spacial score (nSPS) is 20.2. The fourth-order valence-corrected chi connectivity index (χ4v) is 4.50. The summed E-state index contributed by atoms with van der Waals surface area (Å²) >= 11 is 0. The van der Waals surface area contributed by atoms with E-state index in [1.165, 1.54) is 12.1 Å². The van der Waals surface area contributed by atoms with Gasteiger partial charge in [0.1, 0.15) is 0 Å². The zero-order chi connectivity index (χ0) is 24.3. The third kappa shape index (κ3) is 5.82. The van der Waals surface area contributed by atoms with Crippen LogP contribution in [0.15, 0.2) is 42.5 Å². The highest BCUT2D eigenvalue weighted by Gasteiger charge is 2.37. The van der Waals surface area contributed by atoms with Crippen LogP contribution in [0.2, 0.25) is 0 Å². The van der Waals surface area contributed by atoms with Crippen LogP contribution in [0.1, 0.15) is 37.0 Å². The van der Waals surface area contributed by atoms with Crippen LogP contribution < -0.4 is 20.1 Å². The SMILES string of the molecule is CC(C)N1C[C@H](NCc2cccc(C(F)(F)F)c2)C[C@H]1C(=O)NCCc1ccc2c(c1)OCO2. The molecule has 0 unspecified atom stereocenters. The van der Waals surface area contributed by atoms with Gasteiger partial charge in [-0.1, -0.05) is 24.3 Å². The second-order valence-electron chi connectivity index (χ2n) is 9.05. The topological polar surface area (TPSA) is 62.8 Å². The lowest BCUT2D eigenvalue weighted by molar-refractivity contribution is -0.137. The molecule has 0 spiro atoms. The van der Waals surface area contributed by atoms with Crippen LogP contribution in [-0.2, 0) is 23.9 Å². The second kappa shape index (κ2) is 10.2. The maximum Gasteiger partial charge on any atom is 0.416 e. The molecule has 184 valence electrons. The Bertz CT molecular complexity index is 1010. The predicted octanol–water partition coefficient (Wildman–Crippen LogP) is 3.73. The van der Waals surface area contributed by atoms with E-state index in [1.807, 2.05) is 32.0 Å². The number of amides is 1. The van der Waals surface area contributed by atoms with Crippen LogP contribution >= 0.6 is 0 Å². The molecule has 2 aliphatic rings. The van der Waals surface area contributed by atoms with E-state index in [9.17, 15) is 18.0 Å². The average Bonchev–Trinajstić information content (AvgIpc) is 3.44. The van der Waals surface area contributed by atoms with Gasteiger partial charge in [0.05, 0.1) is 11.6 Å². The van der Waals surface area contributed by atoms with Crippen molar-refractivity contribution in [1.82, 2.24) is 15.5 Å². The summed E-state index contributed by atoms with van der Waals surface area (Å²) < 4.78 is 49.6. The standard InChI is InChI=1S/C25H30F3N3O3/c1-16(2)31-14-20(30-13-18-4-3-5-19(10-18)25(26,27)28)12-21(31)24(32)29-9-8-17-6-7-22-23(11-17)34-15-33-22/h3-7,10-11,16,20-21,30H,8-9,12-15H2,1-2H3,(H,29,32)/t20-,21+/m1/s1. The molecule has 2 aliphatic heterocycles. The largest absolute Gasteiger partial charge is 0.454 e. The number of rotatable bonds is 8. The number of nitrogens with one attached hydrogen (secondary N) is 2. The summed E-state index contributed by atoms with van der Waals surface area (Å²) in [6.07, 6.45) is -3.08. The molecular weight excluding hydrogens is 447 g/mol. The Morgan fingerprint density at radius 2 is 1.91 bits per heavy atom. The summed E-state index contributed by atoms with van der Waals surface area (Å²) in [4.78, 5) is 15.1. The first-order valence-corrected chi connectivity index (χ1v) is 11.5. The van der Waals surface area contributed by atoms with Gasteiger partial charge < -0.3 is 20.1 Å². The van der Waals surface area contributed by atoms with Gasteiger partial charge in [0, 0.05) is 31.7 Å². The summed E-state index contributed by atoms with van der Waals surface area (Å²) in [6.45, 7) is 5.80. The van der Waals surface area contributed by atoms with Gasteiger partial charge in [-0.2, -0.15) is 13.2 Å². The number of carbonyl (C=O) groups excluding carboxylic acids is 1. The van der Waals surface area contributed by atoms with Gasteiger partial charge in [0.2, 0.25) is 12.7 Å². The fourth-order valence-electron chi connectivity index (χ4n) is 4.50. The van der Waals surface area contributed by atoms with Gasteiger partial charge in [0.15, 0.2) is 11.5 Å². The lowest BCUT2D eigenvalue weighted by Gasteiger charge is -2.27. The number of ether oxygens (including phenoxy) is 2. The monoisotopic (exact) mass is 477 g/mol. The van der Waals surface area contributed by atoms with Crippen molar-refractivity contribution >= 4 is 5.91 Å². The number of hydrogen-bond acceptors (Lipinski definition) is 5. The molecule has 1 saturated heterocycles. The molecule has 2 heterocycles. The van der Waals surface area contributed by atoms with E-state index in [0.29, 0.717) is 38.0 Å². The Labute approximate surface area is 197 Å². The zero-order valence-electron chi connectivity index (χ0n) is 19.3. The Morgan fingerprint density at radius 1 is 1.12 bits per heavy atom. The number of alkyl halides is 3. The smallest absolute Gasteiger partial charge is 0.416 e. The molecule has 2 aromatic rings. The number of nitrogens with zero attached hydrogens (tertiary/aromatic N) is 1. The van der Waals surface area contributed by atoms with E-state index < -0.39 is 11.7 Å². The maximum absolute atomic E-state index is 13.0. The summed E-state index contributed by atoms with van der Waals surface area (Å²) in [5, 5.41) is 6.38. The average molecular weight is 478 g/mol. The van der Waals surface area contributed by atoms with E-state index in [2.05, 4.69) is 15.5 Å². The van der Waals surface area contributed by atoms with Gasteiger partial charge in [-0.15, -0.1) is 0 Å². The third-order valence-corrected chi connectivity index (χ3v) is 6.30. The van der Waals surface area contributed by atoms with Crippen molar-refractivity contribution in [2.75, 3.05) is 19.9 Å². The number of carbonyl (C=O) groups is 1. The molecule has 2 aromatic carbocycles. The third-order valence-electron chi connectivity index (χ3n) is 6.30. The van der Waals surface area contributed by atoms with E-state index in [4.69, 9.17) is 9.47 Å². The Hall–Kier alpha value is -2.78. The van der Waals surface area contributed by atoms with Crippen molar-refractivity contribution in [2.24, 2.45) is 0 Å². The minimum atomic E-state index is -4.36. The summed E-state index contributed by atoms with van der Waals surface area (Å²) in [7, 11) is 0. The van der Waals surface area contributed by atoms with Crippen molar-refractivity contribution in [3.8, 4) is 11.5 Å². The first-order valence-electron chi connectivity index (χ1n) is 11.5. The van der Waals surface area contributed by atoms with Gasteiger partial charge >= 0.3 is 6.18 Å². The summed E-state index contributed by atoms with van der Waals surface area (Å²) in [5.41, 5.74) is 0.974. The first kappa shape index (κ1) is 24.3. The Balaban J connectivity index is 1.29. The van der Waals surface area contributed by atoms with Crippen molar-refractivity contribution in [1.29, 1.82) is 0 Å². The van der Waals surface area contributed by atoms with E-state index in [1.54, 1.807) is 6.07 Å². The van der Waals surface area contributed by atoms with Crippen molar-refractivity contribution < 1.29 is 27.4 Å². The fraction of sp³-hybridized carbons (Fsp3) is 0.480. The maximum atomic E-state index is 13.0. The molecule has 6 nitrogen and oxygen atoms in total. The van der Waals surface area contributed by atoms with Gasteiger partial charge in [-0.05, 0) is 56.0 Å². The molecule has 2 atom stereocenters. The number of fused-ring (bicyclic) bond motifs is 1. The quantitative estimate of drug-likeness (QED) is 0.607. The number of halogens is 3. The van der Waals surface area contributed by atoms with Gasteiger partial charge in [-0.25, -0.2) is 0 Å².